The first kappa shape index (κ1) is 19.4. The van der Waals surface area contributed by atoms with Gasteiger partial charge in [-0.1, -0.05) is 18.2 Å². The minimum absolute atomic E-state index is 0.107. The van der Waals surface area contributed by atoms with Crippen molar-refractivity contribution in [2.75, 3.05) is 0 Å². The van der Waals surface area contributed by atoms with Gasteiger partial charge in [0.05, 0.1) is 23.3 Å². The molecule has 6 nitrogen and oxygen atoms in total. The number of hydrogen-bond acceptors (Lipinski definition) is 4. The molecule has 0 unspecified atom stereocenters. The number of imidazole rings is 2. The summed E-state index contributed by atoms with van der Waals surface area (Å²) in [4.78, 5) is 22.9. The maximum Gasteiger partial charge on any atom is 0.251 e. The van der Waals surface area contributed by atoms with E-state index in [0.717, 1.165) is 38.8 Å². The highest BCUT2D eigenvalue weighted by Gasteiger charge is 2.10. The maximum atomic E-state index is 12.6. The van der Waals surface area contributed by atoms with Crippen molar-refractivity contribution >= 4 is 34.3 Å². The van der Waals surface area contributed by atoms with Crippen LogP contribution in [0.15, 0.2) is 84.0 Å². The van der Waals surface area contributed by atoms with Gasteiger partial charge < -0.3 is 14.3 Å². The zero-order chi connectivity index (χ0) is 21.2. The smallest absolute Gasteiger partial charge is 0.251 e. The van der Waals surface area contributed by atoms with Crippen LogP contribution in [0.2, 0.25) is 0 Å². The molecule has 31 heavy (non-hydrogen) atoms. The Labute approximate surface area is 183 Å². The molecule has 0 spiro atoms. The Bertz CT molecular complexity index is 1340. The zero-order valence-electron chi connectivity index (χ0n) is 17.0. The first-order chi connectivity index (χ1) is 15.2. The number of aromatic nitrogens is 4. The van der Waals surface area contributed by atoms with Gasteiger partial charge in [0.25, 0.3) is 5.91 Å². The second-order valence-corrected chi connectivity index (χ2v) is 8.32. The largest absolute Gasteiger partial charge is 0.345 e. The third kappa shape index (κ3) is 4.04. The molecule has 7 heteroatoms. The molecule has 0 saturated heterocycles. The number of rotatable bonds is 6. The number of carbonyl (C=O) groups excluding carboxylic acids is 1. The lowest BCUT2D eigenvalue weighted by Gasteiger charge is -2.06. The van der Waals surface area contributed by atoms with Crippen LogP contribution in [0.1, 0.15) is 21.9 Å². The Morgan fingerprint density at radius 3 is 2.61 bits per heavy atom. The van der Waals surface area contributed by atoms with E-state index in [4.69, 9.17) is 0 Å². The molecular formula is C24H21N5OS. The summed E-state index contributed by atoms with van der Waals surface area (Å²) in [5.74, 6) is 1.50. The number of fused-ring (bicyclic) bond motifs is 2. The Balaban J connectivity index is 1.19. The third-order valence-corrected chi connectivity index (χ3v) is 6.25. The van der Waals surface area contributed by atoms with Crippen LogP contribution in [0.4, 0.5) is 0 Å². The summed E-state index contributed by atoms with van der Waals surface area (Å²) in [5, 5.41) is 2.97. The minimum Gasteiger partial charge on any atom is -0.345 e. The van der Waals surface area contributed by atoms with E-state index >= 15 is 0 Å². The maximum absolute atomic E-state index is 12.6. The van der Waals surface area contributed by atoms with E-state index in [2.05, 4.69) is 15.3 Å². The molecule has 3 heterocycles. The van der Waals surface area contributed by atoms with Gasteiger partial charge in [-0.3, -0.25) is 4.79 Å². The zero-order valence-corrected chi connectivity index (χ0v) is 17.8. The van der Waals surface area contributed by atoms with E-state index in [1.165, 1.54) is 0 Å². The number of benzene rings is 2. The average molecular weight is 428 g/mol. The topological polar surface area (TPSA) is 64.2 Å². The lowest BCUT2D eigenvalue weighted by Crippen LogP contribution is -2.24. The molecule has 5 rings (SSSR count). The summed E-state index contributed by atoms with van der Waals surface area (Å²) in [6, 6.07) is 21.6. The Kier molecular flexibility index (Phi) is 5.18. The summed E-state index contributed by atoms with van der Waals surface area (Å²) < 4.78 is 4.03. The Morgan fingerprint density at radius 1 is 1.00 bits per heavy atom. The van der Waals surface area contributed by atoms with Gasteiger partial charge in [-0.2, -0.15) is 0 Å². The molecule has 5 aromatic rings. The number of thioether (sulfide) groups is 1. The van der Waals surface area contributed by atoms with Crippen molar-refractivity contribution in [3.8, 4) is 0 Å². The van der Waals surface area contributed by atoms with Gasteiger partial charge >= 0.3 is 0 Å². The van der Waals surface area contributed by atoms with Crippen molar-refractivity contribution in [1.29, 1.82) is 0 Å². The van der Waals surface area contributed by atoms with E-state index in [-0.39, 0.29) is 5.91 Å². The third-order valence-electron chi connectivity index (χ3n) is 5.20. The van der Waals surface area contributed by atoms with Crippen LogP contribution in [0.5, 0.6) is 0 Å². The molecule has 0 aliphatic carbocycles. The first-order valence-electron chi connectivity index (χ1n) is 10.0. The number of hydrogen-bond donors (Lipinski definition) is 1. The van der Waals surface area contributed by atoms with Crippen LogP contribution in [-0.4, -0.2) is 24.8 Å². The molecule has 0 radical (unpaired) electrons. The molecule has 1 N–H and O–H groups in total. The molecule has 0 bridgehead atoms. The normalized spacial score (nSPS) is 11.3. The molecule has 0 atom stereocenters. The molecule has 154 valence electrons. The van der Waals surface area contributed by atoms with Crippen molar-refractivity contribution in [2.24, 2.45) is 7.05 Å². The molecule has 0 aliphatic heterocycles. The fourth-order valence-electron chi connectivity index (χ4n) is 3.53. The highest BCUT2D eigenvalue weighted by molar-refractivity contribution is 7.98. The predicted octanol–water partition coefficient (Wildman–Crippen LogP) is 4.44. The second-order valence-electron chi connectivity index (χ2n) is 7.27. The van der Waals surface area contributed by atoms with Crippen LogP contribution in [0.3, 0.4) is 0 Å². The second kappa shape index (κ2) is 8.28. The predicted molar refractivity (Wildman–Crippen MR) is 123 cm³/mol. The van der Waals surface area contributed by atoms with Crippen molar-refractivity contribution in [2.45, 2.75) is 17.2 Å². The standard InChI is InChI=1S/C24H21N5OS/c1-28-21-7-3-2-6-20(21)27-23(28)14-25-24(30)17-9-11-19(12-10-17)31-16-18-15-29-13-5-4-8-22(29)26-18/h2-13,15H,14,16H2,1H3,(H,25,30). The van der Waals surface area contributed by atoms with Crippen molar-refractivity contribution < 1.29 is 4.79 Å². The lowest BCUT2D eigenvalue weighted by molar-refractivity contribution is 0.0949. The van der Waals surface area contributed by atoms with Crippen molar-refractivity contribution in [3.63, 3.8) is 0 Å². The average Bonchev–Trinajstić information content (AvgIpc) is 3.37. The first-order valence-corrected chi connectivity index (χ1v) is 11.0. The van der Waals surface area contributed by atoms with Gasteiger partial charge in [0.1, 0.15) is 11.5 Å². The summed E-state index contributed by atoms with van der Waals surface area (Å²) in [5.41, 5.74) is 4.60. The molecule has 2 aromatic carbocycles. The van der Waals surface area contributed by atoms with Crippen molar-refractivity contribution in [3.05, 3.63) is 96.2 Å². The molecule has 0 aliphatic rings. The molecule has 0 fully saturated rings. The summed E-state index contributed by atoms with van der Waals surface area (Å²) in [6.07, 6.45) is 4.04. The Morgan fingerprint density at radius 2 is 1.81 bits per heavy atom. The Hall–Kier alpha value is -3.58. The van der Waals surface area contributed by atoms with E-state index in [1.54, 1.807) is 11.8 Å². The fraction of sp³-hybridized carbons (Fsp3) is 0.125. The number of carbonyl (C=O) groups is 1. The number of para-hydroxylation sites is 2. The van der Waals surface area contributed by atoms with E-state index in [9.17, 15) is 4.79 Å². The number of nitrogens with zero attached hydrogens (tertiary/aromatic N) is 4. The van der Waals surface area contributed by atoms with Crippen molar-refractivity contribution in [1.82, 2.24) is 24.3 Å². The summed E-state index contributed by atoms with van der Waals surface area (Å²) in [7, 11) is 1.96. The monoisotopic (exact) mass is 427 g/mol. The van der Waals surface area contributed by atoms with Gasteiger partial charge in [0, 0.05) is 35.7 Å². The van der Waals surface area contributed by atoms with Gasteiger partial charge in [-0.15, -0.1) is 11.8 Å². The SMILES string of the molecule is Cn1c(CNC(=O)c2ccc(SCc3cn4ccccc4n3)cc2)nc2ccccc21. The van der Waals surface area contributed by atoms with Gasteiger partial charge in [0.2, 0.25) is 0 Å². The van der Waals surface area contributed by atoms with Gasteiger partial charge in [-0.05, 0) is 48.5 Å². The fourth-order valence-corrected chi connectivity index (χ4v) is 4.31. The lowest BCUT2D eigenvalue weighted by atomic mass is 10.2. The molecule has 3 aromatic heterocycles. The molecule has 0 saturated carbocycles. The van der Waals surface area contributed by atoms with Crippen LogP contribution < -0.4 is 5.32 Å². The number of aryl methyl sites for hydroxylation is 1. The van der Waals surface area contributed by atoms with Crippen LogP contribution in [0, 0.1) is 0 Å². The van der Waals surface area contributed by atoms with Crippen LogP contribution >= 0.6 is 11.8 Å². The number of amides is 1. The molecule has 1 amide bonds. The van der Waals surface area contributed by atoms with Crippen LogP contribution in [-0.2, 0) is 19.3 Å². The van der Waals surface area contributed by atoms with E-state index < -0.39 is 0 Å². The van der Waals surface area contributed by atoms with Gasteiger partial charge in [-0.25, -0.2) is 9.97 Å². The molecular weight excluding hydrogens is 406 g/mol. The summed E-state index contributed by atoms with van der Waals surface area (Å²) >= 11 is 1.70. The van der Waals surface area contributed by atoms with Gasteiger partial charge in [0.15, 0.2) is 0 Å². The van der Waals surface area contributed by atoms with E-state index in [1.807, 2.05) is 95.1 Å². The highest BCUT2D eigenvalue weighted by Crippen LogP contribution is 2.23. The summed E-state index contributed by atoms with van der Waals surface area (Å²) in [6.45, 7) is 0.383. The number of pyridine rings is 1. The quantitative estimate of drug-likeness (QED) is 0.407. The minimum atomic E-state index is -0.107. The van der Waals surface area contributed by atoms with E-state index in [0.29, 0.717) is 12.1 Å². The van der Waals surface area contributed by atoms with Crippen LogP contribution in [0.25, 0.3) is 16.7 Å². The number of nitrogens with one attached hydrogen (secondary N) is 1. The highest BCUT2D eigenvalue weighted by atomic mass is 32.2.